The highest BCUT2D eigenvalue weighted by atomic mass is 35.5. The van der Waals surface area contributed by atoms with Crippen molar-refractivity contribution in [3.63, 3.8) is 0 Å². The lowest BCUT2D eigenvalue weighted by atomic mass is 10.3. The van der Waals surface area contributed by atoms with Gasteiger partial charge in [-0.1, -0.05) is 11.6 Å². The average molecular weight is 161 g/mol. The summed E-state index contributed by atoms with van der Waals surface area (Å²) in [5.41, 5.74) is 0.0451. The Morgan fingerprint density at radius 2 is 2.50 bits per heavy atom. The fraction of sp³-hybridized carbons (Fsp3) is 0.200. The standard InChI is InChI=1S/C5H5ClN2O2/c6-5-3-4(8(9)10)1-2-7-5/h1,3,7H,2H2. The normalized spacial score (nSPS) is 16.9. The van der Waals surface area contributed by atoms with Crippen LogP contribution in [0.2, 0.25) is 0 Å². The summed E-state index contributed by atoms with van der Waals surface area (Å²) in [6.45, 7) is 0.422. The van der Waals surface area contributed by atoms with Crippen LogP contribution < -0.4 is 5.32 Å². The van der Waals surface area contributed by atoms with Crippen LogP contribution in [0.5, 0.6) is 0 Å². The number of hydrogen-bond donors (Lipinski definition) is 1. The lowest BCUT2D eigenvalue weighted by molar-refractivity contribution is -0.419. The van der Waals surface area contributed by atoms with Gasteiger partial charge in [0.15, 0.2) is 0 Å². The van der Waals surface area contributed by atoms with Crippen molar-refractivity contribution in [2.75, 3.05) is 6.54 Å². The van der Waals surface area contributed by atoms with E-state index >= 15 is 0 Å². The minimum Gasteiger partial charge on any atom is -0.372 e. The molecule has 0 amide bonds. The second-order valence-corrected chi connectivity index (χ2v) is 2.17. The first-order valence-corrected chi connectivity index (χ1v) is 3.03. The van der Waals surface area contributed by atoms with E-state index in [4.69, 9.17) is 11.6 Å². The van der Waals surface area contributed by atoms with Crippen LogP contribution in [0, 0.1) is 10.1 Å². The molecule has 0 radical (unpaired) electrons. The lowest BCUT2D eigenvalue weighted by Crippen LogP contribution is -2.15. The number of nitro groups is 1. The molecule has 0 aromatic carbocycles. The van der Waals surface area contributed by atoms with Crippen LogP contribution in [0.1, 0.15) is 0 Å². The summed E-state index contributed by atoms with van der Waals surface area (Å²) < 4.78 is 0. The molecule has 1 aliphatic heterocycles. The Morgan fingerprint density at radius 3 is 2.90 bits per heavy atom. The highest BCUT2D eigenvalue weighted by molar-refractivity contribution is 6.29. The van der Waals surface area contributed by atoms with E-state index < -0.39 is 4.92 Å². The predicted octanol–water partition coefficient (Wildman–Crippen LogP) is 0.830. The summed E-state index contributed by atoms with van der Waals surface area (Å²) >= 11 is 5.46. The molecule has 0 spiro atoms. The zero-order chi connectivity index (χ0) is 7.56. The number of halogens is 1. The van der Waals surface area contributed by atoms with Crippen molar-refractivity contribution in [1.29, 1.82) is 0 Å². The molecule has 0 aromatic rings. The molecular formula is C5H5ClN2O2. The Bertz CT molecular complexity index is 222. The summed E-state index contributed by atoms with van der Waals surface area (Å²) in [5.74, 6) is 0. The fourth-order valence-electron chi connectivity index (χ4n) is 0.620. The number of allylic oxidation sites excluding steroid dienone is 1. The first kappa shape index (κ1) is 7.08. The molecule has 1 rings (SSSR count). The van der Waals surface area contributed by atoms with Crippen molar-refractivity contribution in [3.8, 4) is 0 Å². The molecule has 0 bridgehead atoms. The van der Waals surface area contributed by atoms with Crippen LogP contribution in [0.15, 0.2) is 23.0 Å². The average Bonchev–Trinajstić information content (AvgIpc) is 1.88. The molecule has 0 aromatic heterocycles. The van der Waals surface area contributed by atoms with E-state index in [2.05, 4.69) is 5.32 Å². The number of rotatable bonds is 1. The van der Waals surface area contributed by atoms with Gasteiger partial charge < -0.3 is 5.32 Å². The molecule has 0 fully saturated rings. The monoisotopic (exact) mass is 160 g/mol. The van der Waals surface area contributed by atoms with Crippen molar-refractivity contribution in [1.82, 2.24) is 5.32 Å². The maximum atomic E-state index is 10.1. The van der Waals surface area contributed by atoms with Gasteiger partial charge in [0.25, 0.3) is 5.70 Å². The van der Waals surface area contributed by atoms with E-state index in [0.717, 1.165) is 0 Å². The molecule has 1 heterocycles. The first-order chi connectivity index (χ1) is 4.70. The van der Waals surface area contributed by atoms with Crippen LogP contribution in [0.25, 0.3) is 0 Å². The number of nitrogens with zero attached hydrogens (tertiary/aromatic N) is 1. The molecule has 5 heteroatoms. The third-order valence-corrected chi connectivity index (χ3v) is 1.31. The third-order valence-electron chi connectivity index (χ3n) is 1.07. The molecule has 54 valence electrons. The minimum absolute atomic E-state index is 0.0451. The van der Waals surface area contributed by atoms with Crippen molar-refractivity contribution in [2.45, 2.75) is 0 Å². The smallest absolute Gasteiger partial charge is 0.270 e. The topological polar surface area (TPSA) is 55.2 Å². The maximum Gasteiger partial charge on any atom is 0.270 e. The summed E-state index contributed by atoms with van der Waals surface area (Å²) in [7, 11) is 0. The van der Waals surface area contributed by atoms with Crippen LogP contribution >= 0.6 is 11.6 Å². The van der Waals surface area contributed by atoms with Gasteiger partial charge in [0.05, 0.1) is 11.0 Å². The van der Waals surface area contributed by atoms with Crippen LogP contribution in [-0.4, -0.2) is 11.5 Å². The van der Waals surface area contributed by atoms with Crippen molar-refractivity contribution >= 4 is 11.6 Å². The van der Waals surface area contributed by atoms with E-state index in [1.165, 1.54) is 12.2 Å². The van der Waals surface area contributed by atoms with Crippen molar-refractivity contribution in [2.24, 2.45) is 0 Å². The molecule has 1 aliphatic rings. The highest BCUT2D eigenvalue weighted by Crippen LogP contribution is 2.08. The van der Waals surface area contributed by atoms with E-state index in [-0.39, 0.29) is 5.70 Å². The summed E-state index contributed by atoms with van der Waals surface area (Å²) in [4.78, 5) is 9.64. The van der Waals surface area contributed by atoms with Gasteiger partial charge >= 0.3 is 0 Å². The van der Waals surface area contributed by atoms with Crippen LogP contribution in [0.4, 0.5) is 0 Å². The molecule has 10 heavy (non-hydrogen) atoms. The van der Waals surface area contributed by atoms with Gasteiger partial charge in [-0.3, -0.25) is 10.1 Å². The molecule has 0 saturated heterocycles. The molecule has 4 nitrogen and oxygen atoms in total. The number of nitrogens with one attached hydrogen (secondary N) is 1. The van der Waals surface area contributed by atoms with Crippen LogP contribution in [-0.2, 0) is 0 Å². The summed E-state index contributed by atoms with van der Waals surface area (Å²) in [6.07, 6.45) is 2.75. The second kappa shape index (κ2) is 2.70. The Labute approximate surface area is 62.3 Å². The Balaban J connectivity index is 2.79. The molecular weight excluding hydrogens is 156 g/mol. The van der Waals surface area contributed by atoms with E-state index in [1.807, 2.05) is 0 Å². The lowest BCUT2D eigenvalue weighted by Gasteiger charge is -2.04. The van der Waals surface area contributed by atoms with Gasteiger partial charge in [0, 0.05) is 12.6 Å². The van der Waals surface area contributed by atoms with Gasteiger partial charge in [0.1, 0.15) is 5.16 Å². The first-order valence-electron chi connectivity index (χ1n) is 2.66. The minimum atomic E-state index is -0.469. The quantitative estimate of drug-likeness (QED) is 0.351. The zero-order valence-corrected chi connectivity index (χ0v) is 5.76. The second-order valence-electron chi connectivity index (χ2n) is 1.76. The van der Waals surface area contributed by atoms with Gasteiger partial charge in [-0.05, 0) is 0 Å². The van der Waals surface area contributed by atoms with Gasteiger partial charge in [-0.25, -0.2) is 0 Å². The van der Waals surface area contributed by atoms with Crippen LogP contribution in [0.3, 0.4) is 0 Å². The molecule has 0 unspecified atom stereocenters. The largest absolute Gasteiger partial charge is 0.372 e. The van der Waals surface area contributed by atoms with Gasteiger partial charge in [0.2, 0.25) is 0 Å². The van der Waals surface area contributed by atoms with E-state index in [1.54, 1.807) is 0 Å². The Morgan fingerprint density at radius 1 is 1.80 bits per heavy atom. The summed E-state index contributed by atoms with van der Waals surface area (Å²) in [5, 5.41) is 13.1. The number of hydrogen-bond acceptors (Lipinski definition) is 3. The molecule has 0 aliphatic carbocycles. The highest BCUT2D eigenvalue weighted by Gasteiger charge is 2.10. The Kier molecular flexibility index (Phi) is 1.91. The maximum absolute atomic E-state index is 10.1. The number of dihydropyridines is 1. The van der Waals surface area contributed by atoms with Crippen molar-refractivity contribution < 1.29 is 4.92 Å². The van der Waals surface area contributed by atoms with Gasteiger partial charge in [-0.2, -0.15) is 0 Å². The molecule has 0 saturated carbocycles. The van der Waals surface area contributed by atoms with E-state index in [0.29, 0.717) is 11.7 Å². The van der Waals surface area contributed by atoms with Gasteiger partial charge in [-0.15, -0.1) is 0 Å². The third kappa shape index (κ3) is 1.48. The molecule has 0 atom stereocenters. The zero-order valence-electron chi connectivity index (χ0n) is 5.00. The molecule has 1 N–H and O–H groups in total. The Hall–Kier alpha value is -1.03. The van der Waals surface area contributed by atoms with E-state index in [9.17, 15) is 10.1 Å². The fourth-order valence-corrected chi connectivity index (χ4v) is 0.809. The predicted molar refractivity (Wildman–Crippen MR) is 37.0 cm³/mol. The SMILES string of the molecule is O=[N+]([O-])C1=CCNC(Cl)=C1. The van der Waals surface area contributed by atoms with Crippen molar-refractivity contribution in [3.05, 3.63) is 33.1 Å². The summed E-state index contributed by atoms with van der Waals surface area (Å²) in [6, 6.07) is 0.